The zero-order valence-electron chi connectivity index (χ0n) is 11.8. The molecule has 106 valence electrons. The minimum Gasteiger partial charge on any atom is -0.468 e. The van der Waals surface area contributed by atoms with Crippen LogP contribution in [0.25, 0.3) is 0 Å². The van der Waals surface area contributed by atoms with E-state index in [0.717, 1.165) is 18.8 Å². The van der Waals surface area contributed by atoms with Gasteiger partial charge in [0.2, 0.25) is 5.91 Å². The molecule has 0 aliphatic carbocycles. The van der Waals surface area contributed by atoms with Gasteiger partial charge in [0.15, 0.2) is 0 Å². The van der Waals surface area contributed by atoms with Gasteiger partial charge in [-0.25, -0.2) is 0 Å². The topological polar surface area (TPSA) is 57.5 Å². The Bertz CT molecular complexity index is 399. The van der Waals surface area contributed by atoms with Crippen LogP contribution in [0.2, 0.25) is 0 Å². The first kappa shape index (κ1) is 14.1. The lowest BCUT2D eigenvalue weighted by Gasteiger charge is -2.32. The first-order chi connectivity index (χ1) is 9.09. The van der Waals surface area contributed by atoms with Crippen LogP contribution in [0, 0.1) is 11.8 Å². The molecule has 19 heavy (non-hydrogen) atoms. The van der Waals surface area contributed by atoms with Gasteiger partial charge in [0.05, 0.1) is 12.3 Å². The Morgan fingerprint density at radius 1 is 1.58 bits per heavy atom. The van der Waals surface area contributed by atoms with E-state index in [1.165, 1.54) is 0 Å². The molecule has 1 fully saturated rings. The van der Waals surface area contributed by atoms with Gasteiger partial charge in [0.1, 0.15) is 5.76 Å². The molecule has 0 radical (unpaired) electrons. The van der Waals surface area contributed by atoms with E-state index < -0.39 is 0 Å². The summed E-state index contributed by atoms with van der Waals surface area (Å²) in [7, 11) is 3.97. The Morgan fingerprint density at radius 2 is 2.32 bits per heavy atom. The number of carbonyl (C=O) groups excluding carboxylic acids is 1. The number of rotatable bonds is 6. The van der Waals surface area contributed by atoms with Crippen LogP contribution in [0.15, 0.2) is 22.8 Å². The molecule has 5 nitrogen and oxygen atoms in total. The van der Waals surface area contributed by atoms with Gasteiger partial charge in [-0.2, -0.15) is 0 Å². The van der Waals surface area contributed by atoms with Gasteiger partial charge in [-0.3, -0.25) is 9.69 Å². The summed E-state index contributed by atoms with van der Waals surface area (Å²) in [4.78, 5) is 14.1. The number of hydrogen-bond donors (Lipinski definition) is 2. The zero-order chi connectivity index (χ0) is 13.8. The summed E-state index contributed by atoms with van der Waals surface area (Å²) in [5, 5.41) is 6.23. The molecule has 2 heterocycles. The fourth-order valence-corrected chi connectivity index (χ4v) is 2.26. The molecule has 2 unspecified atom stereocenters. The highest BCUT2D eigenvalue weighted by atomic mass is 16.3. The lowest BCUT2D eigenvalue weighted by atomic mass is 9.88. The van der Waals surface area contributed by atoms with Crippen LogP contribution in [0.1, 0.15) is 18.7 Å². The third-order valence-electron chi connectivity index (χ3n) is 3.90. The van der Waals surface area contributed by atoms with Crippen LogP contribution in [-0.4, -0.2) is 44.5 Å². The van der Waals surface area contributed by atoms with Crippen molar-refractivity contribution in [3.8, 4) is 0 Å². The van der Waals surface area contributed by atoms with Gasteiger partial charge in [-0.15, -0.1) is 0 Å². The molecule has 5 heteroatoms. The highest BCUT2D eigenvalue weighted by Gasteiger charge is 2.29. The second-order valence-electron chi connectivity index (χ2n) is 5.45. The summed E-state index contributed by atoms with van der Waals surface area (Å²) in [6, 6.07) is 3.89. The number of furan rings is 1. The van der Waals surface area contributed by atoms with E-state index >= 15 is 0 Å². The molecule has 1 aliphatic heterocycles. The van der Waals surface area contributed by atoms with E-state index in [-0.39, 0.29) is 17.9 Å². The fourth-order valence-electron chi connectivity index (χ4n) is 2.26. The van der Waals surface area contributed by atoms with Gasteiger partial charge in [0.25, 0.3) is 0 Å². The lowest BCUT2D eigenvalue weighted by molar-refractivity contribution is -0.126. The third-order valence-corrected chi connectivity index (χ3v) is 3.90. The summed E-state index contributed by atoms with van der Waals surface area (Å²) >= 11 is 0. The predicted molar refractivity (Wildman–Crippen MR) is 73.7 cm³/mol. The Balaban J connectivity index is 1.86. The number of nitrogens with one attached hydrogen (secondary N) is 2. The van der Waals surface area contributed by atoms with Crippen LogP contribution in [0.4, 0.5) is 0 Å². The van der Waals surface area contributed by atoms with E-state index in [9.17, 15) is 4.79 Å². The first-order valence-electron chi connectivity index (χ1n) is 6.78. The maximum atomic E-state index is 12.1. The predicted octanol–water partition coefficient (Wildman–Crippen LogP) is 0.854. The number of amides is 1. The molecule has 1 aromatic rings. The van der Waals surface area contributed by atoms with Crippen molar-refractivity contribution in [1.82, 2.24) is 15.5 Å². The largest absolute Gasteiger partial charge is 0.468 e. The standard InChI is InChI=1S/C14H23N3O2/c1-10(11-7-15-8-11)14(18)16-9-12(17(2)3)13-5-4-6-19-13/h4-6,10-12,15H,7-9H2,1-3H3,(H,16,18). The monoisotopic (exact) mass is 265 g/mol. The third kappa shape index (κ3) is 3.36. The van der Waals surface area contributed by atoms with Gasteiger partial charge >= 0.3 is 0 Å². The van der Waals surface area contributed by atoms with E-state index in [0.29, 0.717) is 12.5 Å². The van der Waals surface area contributed by atoms with Crippen molar-refractivity contribution in [3.05, 3.63) is 24.2 Å². The Hall–Kier alpha value is -1.33. The molecule has 0 saturated carbocycles. The van der Waals surface area contributed by atoms with Crippen molar-refractivity contribution in [2.75, 3.05) is 33.7 Å². The lowest BCUT2D eigenvalue weighted by Crippen LogP contribution is -2.50. The van der Waals surface area contributed by atoms with Crippen molar-refractivity contribution in [1.29, 1.82) is 0 Å². The number of likely N-dealkylation sites (N-methyl/N-ethyl adjacent to an activating group) is 1. The maximum absolute atomic E-state index is 12.1. The summed E-state index contributed by atoms with van der Waals surface area (Å²) in [5.74, 6) is 1.55. The summed E-state index contributed by atoms with van der Waals surface area (Å²) in [6.45, 7) is 4.47. The summed E-state index contributed by atoms with van der Waals surface area (Å²) < 4.78 is 5.43. The second-order valence-corrected chi connectivity index (χ2v) is 5.45. The van der Waals surface area contributed by atoms with Gasteiger partial charge in [-0.1, -0.05) is 6.92 Å². The highest BCUT2D eigenvalue weighted by Crippen LogP contribution is 2.19. The molecular formula is C14H23N3O2. The van der Waals surface area contributed by atoms with Gasteiger partial charge < -0.3 is 15.1 Å². The molecule has 1 aromatic heterocycles. The van der Waals surface area contributed by atoms with Crippen molar-refractivity contribution >= 4 is 5.91 Å². The average molecular weight is 265 g/mol. The van der Waals surface area contributed by atoms with Gasteiger partial charge in [-0.05, 0) is 45.2 Å². The molecule has 0 aromatic carbocycles. The van der Waals surface area contributed by atoms with Crippen LogP contribution >= 0.6 is 0 Å². The molecule has 1 aliphatic rings. The van der Waals surface area contributed by atoms with Crippen molar-refractivity contribution in [2.24, 2.45) is 11.8 Å². The van der Waals surface area contributed by atoms with E-state index in [2.05, 4.69) is 15.5 Å². The summed E-state index contributed by atoms with van der Waals surface area (Å²) in [6.07, 6.45) is 1.66. The van der Waals surface area contributed by atoms with E-state index in [1.807, 2.05) is 33.2 Å². The molecule has 1 amide bonds. The number of hydrogen-bond acceptors (Lipinski definition) is 4. The minimum absolute atomic E-state index is 0.0701. The Morgan fingerprint density at radius 3 is 2.79 bits per heavy atom. The van der Waals surface area contributed by atoms with Crippen molar-refractivity contribution in [3.63, 3.8) is 0 Å². The average Bonchev–Trinajstić information content (AvgIpc) is 2.79. The molecule has 1 saturated heterocycles. The molecule has 2 N–H and O–H groups in total. The van der Waals surface area contributed by atoms with Gasteiger partial charge in [0, 0.05) is 12.5 Å². The fraction of sp³-hybridized carbons (Fsp3) is 0.643. The molecule has 2 rings (SSSR count). The zero-order valence-corrected chi connectivity index (χ0v) is 11.8. The quantitative estimate of drug-likeness (QED) is 0.801. The van der Waals surface area contributed by atoms with Crippen LogP contribution in [0.3, 0.4) is 0 Å². The van der Waals surface area contributed by atoms with Crippen molar-refractivity contribution in [2.45, 2.75) is 13.0 Å². The smallest absolute Gasteiger partial charge is 0.223 e. The van der Waals surface area contributed by atoms with Crippen molar-refractivity contribution < 1.29 is 9.21 Å². The Labute approximate surface area is 114 Å². The van der Waals surface area contributed by atoms with E-state index in [1.54, 1.807) is 6.26 Å². The normalized spacial score (nSPS) is 18.9. The molecule has 0 bridgehead atoms. The molecule has 0 spiro atoms. The minimum atomic E-state index is 0.0701. The number of nitrogens with zero attached hydrogens (tertiary/aromatic N) is 1. The van der Waals surface area contributed by atoms with Crippen LogP contribution in [0.5, 0.6) is 0 Å². The molecular weight excluding hydrogens is 242 g/mol. The van der Waals surface area contributed by atoms with Crippen LogP contribution < -0.4 is 10.6 Å². The maximum Gasteiger partial charge on any atom is 0.223 e. The first-order valence-corrected chi connectivity index (χ1v) is 6.78. The van der Waals surface area contributed by atoms with E-state index in [4.69, 9.17) is 4.42 Å². The Kier molecular flexibility index (Phi) is 4.61. The highest BCUT2D eigenvalue weighted by molar-refractivity contribution is 5.78. The molecule has 2 atom stereocenters. The summed E-state index contributed by atoms with van der Waals surface area (Å²) in [5.41, 5.74) is 0. The SMILES string of the molecule is CC(C(=O)NCC(c1ccco1)N(C)C)C1CNC1. The second kappa shape index (κ2) is 6.21. The van der Waals surface area contributed by atoms with Crippen LogP contribution in [-0.2, 0) is 4.79 Å². The number of carbonyl (C=O) groups is 1.